The molecule has 0 bridgehead atoms. The maximum atomic E-state index is 12.9. The van der Waals surface area contributed by atoms with Gasteiger partial charge in [-0.15, -0.1) is 0 Å². The molecule has 4 aromatic rings. The third-order valence-corrected chi connectivity index (χ3v) is 6.91. The van der Waals surface area contributed by atoms with E-state index in [4.69, 9.17) is 37.0 Å². The van der Waals surface area contributed by atoms with Crippen LogP contribution in [0.4, 0.5) is 8.78 Å². The molecule has 47 heavy (non-hydrogen) atoms. The Morgan fingerprint density at radius 1 is 0.702 bits per heavy atom. The Kier molecular flexibility index (Phi) is 26.9. The van der Waals surface area contributed by atoms with Crippen LogP contribution in [0.3, 0.4) is 0 Å². The van der Waals surface area contributed by atoms with Crippen LogP contribution in [0.2, 0.25) is 0 Å². The first-order chi connectivity index (χ1) is 22.2. The number of hydrogen-bond acceptors (Lipinski definition) is 6. The lowest BCUT2D eigenvalue weighted by Crippen LogP contribution is -2.00. The molecule has 0 aliphatic rings. The molecular formula is C36H49Br2ClF2O6. The maximum Gasteiger partial charge on any atom is 0.147 e. The summed E-state index contributed by atoms with van der Waals surface area (Å²) in [7, 11) is 0. The first kappa shape index (κ1) is 44.4. The highest BCUT2D eigenvalue weighted by Gasteiger charge is 2.05. The predicted octanol–water partition coefficient (Wildman–Crippen LogP) is 12.5. The van der Waals surface area contributed by atoms with Gasteiger partial charge in [-0.2, -0.15) is 0 Å². The molecule has 6 nitrogen and oxygen atoms in total. The summed E-state index contributed by atoms with van der Waals surface area (Å²) in [5.74, 6) is 1.81. The van der Waals surface area contributed by atoms with Crippen LogP contribution in [-0.2, 0) is 27.4 Å². The summed E-state index contributed by atoms with van der Waals surface area (Å²) in [6.45, 7) is 8.05. The zero-order valence-corrected chi connectivity index (χ0v) is 29.3. The van der Waals surface area contributed by atoms with Gasteiger partial charge in [0.15, 0.2) is 0 Å². The minimum absolute atomic E-state index is 0. The van der Waals surface area contributed by atoms with E-state index in [0.29, 0.717) is 55.8 Å². The summed E-state index contributed by atoms with van der Waals surface area (Å²) >= 11 is 11.9. The Bertz CT molecular complexity index is 1370. The molecule has 4 rings (SSSR count). The van der Waals surface area contributed by atoms with Gasteiger partial charge >= 0.3 is 0 Å². The third kappa shape index (κ3) is 19.8. The summed E-state index contributed by atoms with van der Waals surface area (Å²) in [4.78, 5) is 0. The van der Waals surface area contributed by atoms with Crippen molar-refractivity contribution in [2.24, 2.45) is 0 Å². The van der Waals surface area contributed by atoms with Gasteiger partial charge in [-0.3, -0.25) is 0 Å². The number of benzene rings is 4. The van der Waals surface area contributed by atoms with E-state index in [2.05, 4.69) is 36.6 Å². The summed E-state index contributed by atoms with van der Waals surface area (Å²) in [6, 6.07) is 22.9. The SMILES string of the molecule is C.C.CCOCCl.CCOCOCc1cc(Oc2ccc(F)cc2)ccc1Br.OCc1cc(Oc2ccc(F)cc2)ccc1Br.[2H]CC.[HH]. The number of halogens is 5. The van der Waals surface area contributed by atoms with Crippen LogP contribution in [0.5, 0.6) is 23.0 Å². The highest BCUT2D eigenvalue weighted by molar-refractivity contribution is 9.10. The van der Waals surface area contributed by atoms with E-state index < -0.39 is 0 Å². The molecule has 0 saturated heterocycles. The molecule has 0 fully saturated rings. The lowest BCUT2D eigenvalue weighted by atomic mass is 10.2. The fraction of sp³-hybridized carbons (Fsp3) is 0.333. The molecule has 0 aliphatic carbocycles. The van der Waals surface area contributed by atoms with E-state index in [1.165, 1.54) is 24.3 Å². The Hall–Kier alpha value is -2.57. The second kappa shape index (κ2) is 28.4. The highest BCUT2D eigenvalue weighted by Crippen LogP contribution is 2.28. The van der Waals surface area contributed by atoms with E-state index in [9.17, 15) is 8.78 Å². The van der Waals surface area contributed by atoms with Gasteiger partial charge < -0.3 is 28.8 Å². The van der Waals surface area contributed by atoms with Crippen molar-refractivity contribution in [3.8, 4) is 23.0 Å². The molecule has 0 amide bonds. The largest absolute Gasteiger partial charge is 0.457 e. The smallest absolute Gasteiger partial charge is 0.147 e. The van der Waals surface area contributed by atoms with Gasteiger partial charge in [0.25, 0.3) is 0 Å². The molecule has 0 saturated carbocycles. The molecule has 0 aromatic heterocycles. The second-order valence-corrected chi connectivity index (χ2v) is 10.3. The van der Waals surface area contributed by atoms with Crippen molar-refractivity contribution in [2.45, 2.75) is 55.7 Å². The number of rotatable bonds is 12. The molecule has 4 aromatic carbocycles. The van der Waals surface area contributed by atoms with Gasteiger partial charge in [0, 0.05) is 25.0 Å². The number of ether oxygens (including phenoxy) is 5. The van der Waals surface area contributed by atoms with Crippen molar-refractivity contribution < 1.29 is 40.4 Å². The first-order valence-electron chi connectivity index (χ1n) is 14.5. The molecule has 0 radical (unpaired) electrons. The van der Waals surface area contributed by atoms with Gasteiger partial charge in [-0.05, 0) is 110 Å². The minimum Gasteiger partial charge on any atom is -0.457 e. The van der Waals surface area contributed by atoms with Crippen LogP contribution in [0.25, 0.3) is 0 Å². The minimum atomic E-state index is -0.302. The molecule has 0 spiro atoms. The summed E-state index contributed by atoms with van der Waals surface area (Å²) in [5, 5.41) is 9.11. The Balaban J connectivity index is -0.000000682. The molecular weight excluding hydrogens is 762 g/mol. The van der Waals surface area contributed by atoms with Gasteiger partial charge in [-0.25, -0.2) is 8.78 Å². The topological polar surface area (TPSA) is 66.4 Å². The summed E-state index contributed by atoms with van der Waals surface area (Å²) in [5.41, 5.74) is 1.69. The molecule has 264 valence electrons. The molecule has 0 unspecified atom stereocenters. The summed E-state index contributed by atoms with van der Waals surface area (Å²) < 4.78 is 59.9. The van der Waals surface area contributed by atoms with E-state index in [1.54, 1.807) is 49.4 Å². The van der Waals surface area contributed by atoms with Crippen molar-refractivity contribution in [3.63, 3.8) is 0 Å². The summed E-state index contributed by atoms with van der Waals surface area (Å²) in [6.07, 6.45) is 0. The fourth-order valence-electron chi connectivity index (χ4n) is 3.11. The van der Waals surface area contributed by atoms with Crippen molar-refractivity contribution in [1.29, 1.82) is 0 Å². The van der Waals surface area contributed by atoms with Gasteiger partial charge in [0.05, 0.1) is 13.2 Å². The number of alkyl halides is 1. The molecule has 0 atom stereocenters. The lowest BCUT2D eigenvalue weighted by molar-refractivity contribution is -0.0573. The van der Waals surface area contributed by atoms with Gasteiger partial charge in [-0.1, -0.05) is 72.1 Å². The zero-order valence-electron chi connectivity index (χ0n) is 26.4. The highest BCUT2D eigenvalue weighted by atomic mass is 79.9. The quantitative estimate of drug-likeness (QED) is 0.0873. The van der Waals surface area contributed by atoms with E-state index in [1.807, 2.05) is 32.0 Å². The Morgan fingerprint density at radius 2 is 1.11 bits per heavy atom. The van der Waals surface area contributed by atoms with E-state index in [-0.39, 0.29) is 41.3 Å². The number of aliphatic hydroxyl groups is 1. The molecule has 0 heterocycles. The Labute approximate surface area is 304 Å². The third-order valence-electron chi connectivity index (χ3n) is 5.21. The monoisotopic (exact) mass is 809 g/mol. The van der Waals surface area contributed by atoms with Crippen molar-refractivity contribution in [2.75, 3.05) is 26.1 Å². The predicted molar refractivity (Wildman–Crippen MR) is 198 cm³/mol. The zero-order chi connectivity index (χ0) is 34.2. The van der Waals surface area contributed by atoms with Crippen molar-refractivity contribution >= 4 is 43.5 Å². The average Bonchev–Trinajstić information content (AvgIpc) is 3.05. The number of aliphatic hydroxyl groups excluding tert-OH is 1. The van der Waals surface area contributed by atoms with Crippen LogP contribution in [0.1, 0.15) is 56.4 Å². The maximum absolute atomic E-state index is 12.9. The van der Waals surface area contributed by atoms with Crippen LogP contribution in [0, 0.1) is 11.6 Å². The van der Waals surface area contributed by atoms with Crippen molar-refractivity contribution in [3.05, 3.63) is 117 Å². The number of hydrogen-bond donors (Lipinski definition) is 1. The van der Waals surface area contributed by atoms with Gasteiger partial charge in [0.1, 0.15) is 47.5 Å². The van der Waals surface area contributed by atoms with Crippen LogP contribution >= 0.6 is 43.5 Å². The van der Waals surface area contributed by atoms with Crippen LogP contribution in [-0.4, -0.2) is 31.2 Å². The second-order valence-electron chi connectivity index (χ2n) is 8.34. The Morgan fingerprint density at radius 3 is 1.49 bits per heavy atom. The molecule has 11 heteroatoms. The standard InChI is InChI=1S/C16H16BrFO3.C13H10BrFO2.C3H7ClO.C2H6.2CH4.H2/c1-2-19-11-20-10-12-9-15(7-8-16(12)17)21-14-5-3-13(18)4-6-14;14-13-6-5-12(7-9(13)8-16)17-11-3-1-10(15)2-4-11;1-2-5-3-4;1-2;;;/h3-9H,2,10-11H2,1H3;1-7,16H,8H2;2-3H2,1H3;1-2H3;2*1H4;1H/i;;;1D;;;. The molecule has 0 aliphatic heterocycles. The van der Waals surface area contributed by atoms with Gasteiger partial charge in [0.2, 0.25) is 0 Å². The van der Waals surface area contributed by atoms with Crippen LogP contribution < -0.4 is 9.47 Å². The lowest BCUT2D eigenvalue weighted by Gasteiger charge is -2.10. The normalized spacial score (nSPS) is 9.77. The fourth-order valence-corrected chi connectivity index (χ4v) is 4.00. The van der Waals surface area contributed by atoms with Crippen molar-refractivity contribution in [1.82, 2.24) is 0 Å². The van der Waals surface area contributed by atoms with E-state index >= 15 is 0 Å². The van der Waals surface area contributed by atoms with Crippen LogP contribution in [0.15, 0.2) is 93.9 Å². The molecule has 1 N–H and O–H groups in total. The average molecular weight is 812 g/mol. The van der Waals surface area contributed by atoms with E-state index in [0.717, 1.165) is 20.1 Å². The first-order valence-corrected chi connectivity index (χ1v) is 16.0.